The molecule has 166 valence electrons. The summed E-state index contributed by atoms with van der Waals surface area (Å²) in [4.78, 5) is 25.3. The second-order valence-corrected chi connectivity index (χ2v) is 8.69. The van der Waals surface area contributed by atoms with Crippen LogP contribution in [0.1, 0.15) is 39.3 Å². The standard InChI is InChI=1S/C20H26N6O4S/c1-6-30-17(27)15-14(11-31-19-23-24-25-26(19)20(2,3)4)21-18(28)22-16(15)12-7-9-13(29-5)10-8-12/h7-10,16H,6,11H2,1-5H3,(H2,21,22,28). The number of thioether (sulfide) groups is 1. The zero-order valence-corrected chi connectivity index (χ0v) is 18.9. The Morgan fingerprint density at radius 2 is 1.97 bits per heavy atom. The Morgan fingerprint density at radius 3 is 2.58 bits per heavy atom. The summed E-state index contributed by atoms with van der Waals surface area (Å²) in [7, 11) is 1.58. The zero-order chi connectivity index (χ0) is 22.6. The number of aromatic nitrogens is 4. The van der Waals surface area contributed by atoms with Gasteiger partial charge < -0.3 is 20.1 Å². The number of esters is 1. The van der Waals surface area contributed by atoms with Crippen molar-refractivity contribution in [2.75, 3.05) is 19.5 Å². The second kappa shape index (κ2) is 9.38. The van der Waals surface area contributed by atoms with E-state index in [-0.39, 0.29) is 17.9 Å². The number of hydrogen-bond acceptors (Lipinski definition) is 8. The van der Waals surface area contributed by atoms with Crippen molar-refractivity contribution in [3.05, 3.63) is 41.1 Å². The van der Waals surface area contributed by atoms with Crippen LogP contribution in [0, 0.1) is 0 Å². The van der Waals surface area contributed by atoms with Crippen molar-refractivity contribution in [1.29, 1.82) is 0 Å². The Balaban J connectivity index is 1.96. The fourth-order valence-corrected chi connectivity index (χ4v) is 4.08. The molecule has 2 N–H and O–H groups in total. The van der Waals surface area contributed by atoms with Crippen molar-refractivity contribution in [3.63, 3.8) is 0 Å². The molecule has 2 heterocycles. The largest absolute Gasteiger partial charge is 0.497 e. The fourth-order valence-electron chi connectivity index (χ4n) is 3.05. The van der Waals surface area contributed by atoms with E-state index in [0.717, 1.165) is 5.56 Å². The Morgan fingerprint density at radius 1 is 1.26 bits per heavy atom. The van der Waals surface area contributed by atoms with Gasteiger partial charge in [-0.15, -0.1) is 5.10 Å². The molecule has 1 aromatic heterocycles. The number of nitrogens with zero attached hydrogens (tertiary/aromatic N) is 4. The number of hydrogen-bond donors (Lipinski definition) is 2. The van der Waals surface area contributed by atoms with Gasteiger partial charge in [0.25, 0.3) is 0 Å². The van der Waals surface area contributed by atoms with Crippen LogP contribution in [0.15, 0.2) is 40.7 Å². The van der Waals surface area contributed by atoms with Crippen molar-refractivity contribution >= 4 is 23.8 Å². The molecule has 0 bridgehead atoms. The minimum atomic E-state index is -0.659. The smallest absolute Gasteiger partial charge is 0.338 e. The van der Waals surface area contributed by atoms with Crippen molar-refractivity contribution in [1.82, 2.24) is 30.8 Å². The topological polar surface area (TPSA) is 120 Å². The highest BCUT2D eigenvalue weighted by Gasteiger charge is 2.34. The van der Waals surface area contributed by atoms with Gasteiger partial charge in [0.2, 0.25) is 5.16 Å². The number of benzene rings is 1. The first-order chi connectivity index (χ1) is 14.7. The van der Waals surface area contributed by atoms with Crippen molar-refractivity contribution in [2.24, 2.45) is 0 Å². The van der Waals surface area contributed by atoms with Crippen LogP contribution in [0.4, 0.5) is 4.79 Å². The third kappa shape index (κ3) is 5.16. The maximum absolute atomic E-state index is 12.9. The van der Waals surface area contributed by atoms with Crippen LogP contribution in [0.5, 0.6) is 5.75 Å². The molecule has 0 saturated heterocycles. The minimum absolute atomic E-state index is 0.217. The van der Waals surface area contributed by atoms with E-state index in [2.05, 4.69) is 26.2 Å². The van der Waals surface area contributed by atoms with E-state index in [4.69, 9.17) is 9.47 Å². The average Bonchev–Trinajstić information content (AvgIpc) is 3.21. The van der Waals surface area contributed by atoms with Crippen LogP contribution >= 0.6 is 11.8 Å². The molecule has 3 rings (SSSR count). The van der Waals surface area contributed by atoms with Crippen LogP contribution in [0.25, 0.3) is 0 Å². The molecule has 1 aliphatic rings. The molecule has 0 radical (unpaired) electrons. The number of methoxy groups -OCH3 is 1. The quantitative estimate of drug-likeness (QED) is 0.491. The van der Waals surface area contributed by atoms with Crippen LogP contribution in [0.3, 0.4) is 0 Å². The van der Waals surface area contributed by atoms with Gasteiger partial charge in [-0.25, -0.2) is 14.3 Å². The number of ether oxygens (including phenoxy) is 2. The van der Waals surface area contributed by atoms with Crippen LogP contribution < -0.4 is 15.4 Å². The van der Waals surface area contributed by atoms with E-state index in [1.54, 1.807) is 43.0 Å². The van der Waals surface area contributed by atoms with Gasteiger partial charge in [0.15, 0.2) is 0 Å². The molecule has 0 saturated carbocycles. The summed E-state index contributed by atoms with van der Waals surface area (Å²) in [5.41, 5.74) is 1.22. The van der Waals surface area contributed by atoms with Crippen molar-refractivity contribution in [2.45, 2.75) is 44.4 Å². The molecule has 2 aromatic rings. The summed E-state index contributed by atoms with van der Waals surface area (Å²) in [6.45, 7) is 7.92. The molecule has 0 spiro atoms. The predicted molar refractivity (Wildman–Crippen MR) is 115 cm³/mol. The molecule has 0 aliphatic carbocycles. The number of urea groups is 1. The monoisotopic (exact) mass is 446 g/mol. The maximum atomic E-state index is 12.9. The van der Waals surface area contributed by atoms with E-state index in [1.807, 2.05) is 20.8 Å². The Labute approximate surface area is 184 Å². The molecule has 1 unspecified atom stereocenters. The molecule has 1 atom stereocenters. The normalized spacial score (nSPS) is 16.5. The minimum Gasteiger partial charge on any atom is -0.497 e. The molecule has 1 aliphatic heterocycles. The molecule has 11 heteroatoms. The number of carbonyl (C=O) groups excluding carboxylic acids is 2. The van der Waals surface area contributed by atoms with Crippen molar-refractivity contribution in [3.8, 4) is 5.75 Å². The first-order valence-corrected chi connectivity index (χ1v) is 10.8. The highest BCUT2D eigenvalue weighted by molar-refractivity contribution is 7.99. The second-order valence-electron chi connectivity index (χ2n) is 7.75. The lowest BCUT2D eigenvalue weighted by Gasteiger charge is -2.29. The van der Waals surface area contributed by atoms with Gasteiger partial charge >= 0.3 is 12.0 Å². The summed E-state index contributed by atoms with van der Waals surface area (Å²) in [6.07, 6.45) is 0. The molecule has 2 amide bonds. The highest BCUT2D eigenvalue weighted by Crippen LogP contribution is 2.31. The van der Waals surface area contributed by atoms with Crippen molar-refractivity contribution < 1.29 is 19.1 Å². The first kappa shape index (κ1) is 22.6. The van der Waals surface area contributed by atoms with E-state index in [0.29, 0.717) is 22.2 Å². The molecular formula is C20H26N6O4S. The number of nitrogens with one attached hydrogen (secondary N) is 2. The number of tetrazole rings is 1. The first-order valence-electron chi connectivity index (χ1n) is 9.78. The summed E-state index contributed by atoms with van der Waals surface area (Å²) in [5.74, 6) is 0.460. The average molecular weight is 447 g/mol. The van der Waals surface area contributed by atoms with Crippen LogP contribution in [-0.4, -0.2) is 51.7 Å². The Bertz CT molecular complexity index is 980. The number of amides is 2. The number of rotatable bonds is 7. The predicted octanol–water partition coefficient (Wildman–Crippen LogP) is 2.40. The SMILES string of the molecule is CCOC(=O)C1=C(CSc2nnnn2C(C)(C)C)NC(=O)NC1c1ccc(OC)cc1. The lowest BCUT2D eigenvalue weighted by molar-refractivity contribution is -0.139. The number of carbonyl (C=O) groups is 2. The van der Waals surface area contributed by atoms with Gasteiger partial charge in [-0.2, -0.15) is 0 Å². The fraction of sp³-hybridized carbons (Fsp3) is 0.450. The summed E-state index contributed by atoms with van der Waals surface area (Å²) in [6, 6.07) is 6.10. The molecule has 0 fully saturated rings. The summed E-state index contributed by atoms with van der Waals surface area (Å²) >= 11 is 1.33. The van der Waals surface area contributed by atoms with Crippen LogP contribution in [0.2, 0.25) is 0 Å². The van der Waals surface area contributed by atoms with Gasteiger partial charge in [0.05, 0.1) is 30.9 Å². The van der Waals surface area contributed by atoms with Gasteiger partial charge in [0.1, 0.15) is 5.75 Å². The van der Waals surface area contributed by atoms with Gasteiger partial charge in [-0.1, -0.05) is 23.9 Å². The van der Waals surface area contributed by atoms with E-state index < -0.39 is 18.0 Å². The Kier molecular flexibility index (Phi) is 6.84. The highest BCUT2D eigenvalue weighted by atomic mass is 32.2. The van der Waals surface area contributed by atoms with Crippen LogP contribution in [-0.2, 0) is 15.1 Å². The molecule has 1 aromatic carbocycles. The Hall–Kier alpha value is -3.08. The third-order valence-corrected chi connectivity index (χ3v) is 5.47. The van der Waals surface area contributed by atoms with E-state index in [1.165, 1.54) is 11.8 Å². The maximum Gasteiger partial charge on any atom is 0.338 e. The van der Waals surface area contributed by atoms with E-state index >= 15 is 0 Å². The summed E-state index contributed by atoms with van der Waals surface area (Å²) < 4.78 is 12.2. The third-order valence-electron chi connectivity index (χ3n) is 4.52. The molecular weight excluding hydrogens is 420 g/mol. The van der Waals surface area contributed by atoms with Gasteiger partial charge in [-0.3, -0.25) is 0 Å². The summed E-state index contributed by atoms with van der Waals surface area (Å²) in [5, 5.41) is 18.0. The lowest BCUT2D eigenvalue weighted by atomic mass is 9.95. The van der Waals surface area contributed by atoms with E-state index in [9.17, 15) is 9.59 Å². The van der Waals surface area contributed by atoms with Gasteiger partial charge in [-0.05, 0) is 55.8 Å². The van der Waals surface area contributed by atoms with Gasteiger partial charge in [0, 0.05) is 11.4 Å². The lowest BCUT2D eigenvalue weighted by Crippen LogP contribution is -2.46. The molecule has 10 nitrogen and oxygen atoms in total. The molecule has 31 heavy (non-hydrogen) atoms. The zero-order valence-electron chi connectivity index (χ0n) is 18.1.